The van der Waals surface area contributed by atoms with Crippen LogP contribution >= 0.6 is 11.6 Å². The summed E-state index contributed by atoms with van der Waals surface area (Å²) in [6.07, 6.45) is 3.10. The predicted octanol–water partition coefficient (Wildman–Crippen LogP) is 3.05. The second kappa shape index (κ2) is 7.84. The van der Waals surface area contributed by atoms with Gasteiger partial charge in [-0.15, -0.1) is 0 Å². The summed E-state index contributed by atoms with van der Waals surface area (Å²) in [6.45, 7) is 4.18. The first kappa shape index (κ1) is 18.8. The molecule has 0 fully saturated rings. The van der Waals surface area contributed by atoms with Crippen molar-refractivity contribution in [1.82, 2.24) is 34.8 Å². The molecule has 3 aromatic heterocycles. The number of rotatable bonds is 5. The Balaban J connectivity index is 1.48. The fourth-order valence-electron chi connectivity index (χ4n) is 2.94. The van der Waals surface area contributed by atoms with E-state index in [1.165, 1.54) is 6.33 Å². The first-order valence-corrected chi connectivity index (χ1v) is 9.31. The van der Waals surface area contributed by atoms with Crippen molar-refractivity contribution in [1.29, 1.82) is 0 Å². The second-order valence-electron chi connectivity index (χ2n) is 6.53. The zero-order valence-electron chi connectivity index (χ0n) is 15.9. The molecule has 9 heteroatoms. The average Bonchev–Trinajstić information content (AvgIpc) is 3.36. The highest BCUT2D eigenvalue weighted by molar-refractivity contribution is 6.33. The topological polar surface area (TPSA) is 90.5 Å². The number of carbonyl (C=O) groups is 1. The minimum absolute atomic E-state index is 0.163. The third kappa shape index (κ3) is 4.02. The van der Waals surface area contributed by atoms with E-state index in [4.69, 9.17) is 11.6 Å². The van der Waals surface area contributed by atoms with E-state index >= 15 is 0 Å². The van der Waals surface area contributed by atoms with Crippen molar-refractivity contribution in [3.63, 3.8) is 0 Å². The molecule has 0 aliphatic heterocycles. The van der Waals surface area contributed by atoms with Crippen molar-refractivity contribution >= 4 is 17.5 Å². The number of aromatic nitrogens is 6. The fourth-order valence-corrected chi connectivity index (χ4v) is 3.14. The van der Waals surface area contributed by atoms with Gasteiger partial charge in [-0.05, 0) is 49.7 Å². The number of halogens is 1. The summed E-state index contributed by atoms with van der Waals surface area (Å²) in [4.78, 5) is 21.0. The SMILES string of the molecule is Cc1cc(C)n(-c2ccc(Cl)c(C(=O)NCc3ccc(-n4cncn4)cc3)n2)n1. The quantitative estimate of drug-likeness (QED) is 0.549. The van der Waals surface area contributed by atoms with Gasteiger partial charge in [-0.25, -0.2) is 19.3 Å². The van der Waals surface area contributed by atoms with Crippen LogP contribution in [-0.4, -0.2) is 35.4 Å². The molecule has 0 bridgehead atoms. The van der Waals surface area contributed by atoms with Gasteiger partial charge >= 0.3 is 0 Å². The van der Waals surface area contributed by atoms with Gasteiger partial charge in [0.2, 0.25) is 0 Å². The van der Waals surface area contributed by atoms with Crippen LogP contribution < -0.4 is 5.32 Å². The van der Waals surface area contributed by atoms with E-state index in [2.05, 4.69) is 25.5 Å². The smallest absolute Gasteiger partial charge is 0.271 e. The lowest BCUT2D eigenvalue weighted by atomic mass is 10.2. The first-order chi connectivity index (χ1) is 14.0. The van der Waals surface area contributed by atoms with Gasteiger partial charge in [0.15, 0.2) is 5.82 Å². The van der Waals surface area contributed by atoms with Crippen LogP contribution in [0, 0.1) is 13.8 Å². The molecule has 0 saturated heterocycles. The van der Waals surface area contributed by atoms with Crippen molar-refractivity contribution in [3.8, 4) is 11.5 Å². The van der Waals surface area contributed by atoms with Gasteiger partial charge in [-0.3, -0.25) is 4.79 Å². The first-order valence-electron chi connectivity index (χ1n) is 8.93. The second-order valence-corrected chi connectivity index (χ2v) is 6.94. The largest absolute Gasteiger partial charge is 0.347 e. The summed E-state index contributed by atoms with van der Waals surface area (Å²) >= 11 is 6.21. The highest BCUT2D eigenvalue weighted by Crippen LogP contribution is 2.18. The highest BCUT2D eigenvalue weighted by Gasteiger charge is 2.15. The normalized spacial score (nSPS) is 10.9. The molecule has 0 radical (unpaired) electrons. The van der Waals surface area contributed by atoms with Crippen LogP contribution in [0.4, 0.5) is 0 Å². The van der Waals surface area contributed by atoms with Crippen LogP contribution in [0.15, 0.2) is 55.1 Å². The number of nitrogens with one attached hydrogen (secondary N) is 1. The Morgan fingerprint density at radius 3 is 2.59 bits per heavy atom. The number of benzene rings is 1. The molecule has 0 atom stereocenters. The predicted molar refractivity (Wildman–Crippen MR) is 108 cm³/mol. The molecule has 3 heterocycles. The molecule has 1 amide bonds. The number of hydrogen-bond donors (Lipinski definition) is 1. The summed E-state index contributed by atoms with van der Waals surface area (Å²) in [5.41, 5.74) is 3.79. The van der Waals surface area contributed by atoms with Gasteiger partial charge < -0.3 is 5.32 Å². The van der Waals surface area contributed by atoms with Gasteiger partial charge in [0.25, 0.3) is 5.91 Å². The molecule has 0 saturated carbocycles. The number of amides is 1. The van der Waals surface area contributed by atoms with Crippen molar-refractivity contribution in [2.24, 2.45) is 0 Å². The number of nitrogens with zero attached hydrogens (tertiary/aromatic N) is 6. The molecular formula is C20H18ClN7O. The molecule has 29 heavy (non-hydrogen) atoms. The van der Waals surface area contributed by atoms with Crippen LogP contribution in [0.25, 0.3) is 11.5 Å². The highest BCUT2D eigenvalue weighted by atomic mass is 35.5. The van der Waals surface area contributed by atoms with E-state index in [1.807, 2.05) is 44.2 Å². The van der Waals surface area contributed by atoms with E-state index in [0.29, 0.717) is 12.4 Å². The van der Waals surface area contributed by atoms with Crippen molar-refractivity contribution < 1.29 is 4.79 Å². The maximum atomic E-state index is 12.7. The summed E-state index contributed by atoms with van der Waals surface area (Å²) in [7, 11) is 0. The molecule has 4 aromatic rings. The Kier molecular flexibility index (Phi) is 5.09. The van der Waals surface area contributed by atoms with Crippen LogP contribution in [0.2, 0.25) is 5.02 Å². The molecule has 8 nitrogen and oxygen atoms in total. The molecular weight excluding hydrogens is 390 g/mol. The summed E-state index contributed by atoms with van der Waals surface area (Å²) < 4.78 is 3.35. The maximum absolute atomic E-state index is 12.7. The number of carbonyl (C=O) groups excluding carboxylic acids is 1. The molecule has 0 unspecified atom stereocenters. The van der Waals surface area contributed by atoms with Gasteiger partial charge in [-0.2, -0.15) is 10.2 Å². The Hall–Kier alpha value is -3.52. The minimum atomic E-state index is -0.348. The van der Waals surface area contributed by atoms with Crippen molar-refractivity contribution in [2.45, 2.75) is 20.4 Å². The van der Waals surface area contributed by atoms with Crippen LogP contribution in [0.1, 0.15) is 27.4 Å². The van der Waals surface area contributed by atoms with Crippen molar-refractivity contribution in [2.75, 3.05) is 0 Å². The molecule has 0 aliphatic rings. The van der Waals surface area contributed by atoms with E-state index in [9.17, 15) is 4.79 Å². The lowest BCUT2D eigenvalue weighted by Crippen LogP contribution is -2.24. The van der Waals surface area contributed by atoms with Gasteiger partial charge in [-0.1, -0.05) is 23.7 Å². The number of hydrogen-bond acceptors (Lipinski definition) is 5. The molecule has 1 aromatic carbocycles. The Morgan fingerprint density at radius 1 is 1.14 bits per heavy atom. The maximum Gasteiger partial charge on any atom is 0.271 e. The Labute approximate surface area is 172 Å². The monoisotopic (exact) mass is 407 g/mol. The van der Waals surface area contributed by atoms with Crippen LogP contribution in [0.5, 0.6) is 0 Å². The van der Waals surface area contributed by atoms with Gasteiger partial charge in [0, 0.05) is 12.2 Å². The number of pyridine rings is 1. The van der Waals surface area contributed by atoms with Gasteiger partial charge in [0.05, 0.1) is 16.4 Å². The Bertz CT molecular complexity index is 1150. The molecule has 1 N–H and O–H groups in total. The summed E-state index contributed by atoms with van der Waals surface area (Å²) in [5.74, 6) is 0.195. The lowest BCUT2D eigenvalue weighted by Gasteiger charge is -2.09. The van der Waals surface area contributed by atoms with Gasteiger partial charge in [0.1, 0.15) is 18.3 Å². The number of aryl methyl sites for hydroxylation is 2. The van der Waals surface area contributed by atoms with Crippen molar-refractivity contribution in [3.05, 3.63) is 82.8 Å². The van der Waals surface area contributed by atoms with Crippen LogP contribution in [-0.2, 0) is 6.54 Å². The molecule has 0 aliphatic carbocycles. The average molecular weight is 408 g/mol. The molecule has 4 rings (SSSR count). The minimum Gasteiger partial charge on any atom is -0.347 e. The van der Waals surface area contributed by atoms with Crippen LogP contribution in [0.3, 0.4) is 0 Å². The molecule has 146 valence electrons. The lowest BCUT2D eigenvalue weighted by molar-refractivity contribution is 0.0946. The van der Waals surface area contributed by atoms with E-state index in [-0.39, 0.29) is 16.6 Å². The standard InChI is InChI=1S/C20H18ClN7O/c1-13-9-14(2)28(26-13)18-8-7-17(21)19(25-18)20(29)23-10-15-3-5-16(6-4-15)27-12-22-11-24-27/h3-9,11-12H,10H2,1-2H3,(H,23,29). The third-order valence-electron chi connectivity index (χ3n) is 4.35. The summed E-state index contributed by atoms with van der Waals surface area (Å²) in [5, 5.41) is 11.6. The van der Waals surface area contributed by atoms with E-state index < -0.39 is 0 Å². The fraction of sp³-hybridized carbons (Fsp3) is 0.150. The van der Waals surface area contributed by atoms with E-state index in [1.54, 1.807) is 27.8 Å². The van der Waals surface area contributed by atoms with E-state index in [0.717, 1.165) is 22.6 Å². The zero-order chi connectivity index (χ0) is 20.4. The summed E-state index contributed by atoms with van der Waals surface area (Å²) in [6, 6.07) is 13.0. The Morgan fingerprint density at radius 2 is 1.93 bits per heavy atom. The molecule has 0 spiro atoms. The zero-order valence-corrected chi connectivity index (χ0v) is 16.6. The third-order valence-corrected chi connectivity index (χ3v) is 4.65.